The number of halogens is 2. The highest BCUT2D eigenvalue weighted by atomic mass is 79.9. The minimum absolute atomic E-state index is 0.229. The van der Waals surface area contributed by atoms with E-state index in [1.54, 1.807) is 12.1 Å². The Morgan fingerprint density at radius 3 is 2.00 bits per heavy atom. The van der Waals surface area contributed by atoms with Crippen LogP contribution in [0.2, 0.25) is 0 Å². The lowest BCUT2D eigenvalue weighted by Crippen LogP contribution is -1.67. The van der Waals surface area contributed by atoms with Crippen LogP contribution in [0.1, 0.15) is 0 Å². The van der Waals surface area contributed by atoms with Crippen molar-refractivity contribution in [2.75, 3.05) is 0 Å². The van der Waals surface area contributed by atoms with Gasteiger partial charge in [0.25, 0.3) is 0 Å². The van der Waals surface area contributed by atoms with Crippen molar-refractivity contribution in [2.24, 2.45) is 0 Å². The Kier molecular flexibility index (Phi) is 2.13. The lowest BCUT2D eigenvalue weighted by atomic mass is 10.3. The topological polar surface area (TPSA) is 20.2 Å². The quantitative estimate of drug-likeness (QED) is 0.751. The maximum absolute atomic E-state index is 8.91. The van der Waals surface area contributed by atoms with Gasteiger partial charge in [0.2, 0.25) is 0 Å². The van der Waals surface area contributed by atoms with Crippen LogP contribution in [0.5, 0.6) is 5.75 Å². The summed E-state index contributed by atoms with van der Waals surface area (Å²) < 4.78 is 1.49. The molecule has 0 aromatic heterocycles. The molecule has 1 nitrogen and oxygen atoms in total. The number of phenolic OH excluding ortho intramolecular Hbond substituents is 1. The number of aromatic hydroxyl groups is 1. The monoisotopic (exact) mass is 249 g/mol. The molecule has 1 rings (SSSR count). The van der Waals surface area contributed by atoms with Gasteiger partial charge in [-0.2, -0.15) is 0 Å². The third-order valence-electron chi connectivity index (χ3n) is 0.788. The van der Waals surface area contributed by atoms with Crippen LogP contribution in [0.4, 0.5) is 0 Å². The number of phenols is 1. The molecule has 1 aromatic carbocycles. The van der Waals surface area contributed by atoms with Gasteiger partial charge in [0.1, 0.15) is 5.75 Å². The Labute approximate surface area is 70.0 Å². The molecule has 0 aliphatic heterocycles. The van der Waals surface area contributed by atoms with Crippen LogP contribution < -0.4 is 0 Å². The number of hydrogen-bond acceptors (Lipinski definition) is 1. The fourth-order valence-corrected chi connectivity index (χ4v) is 1.65. The maximum atomic E-state index is 8.91. The van der Waals surface area contributed by atoms with Gasteiger partial charge in [-0.1, -0.05) is 0 Å². The van der Waals surface area contributed by atoms with Gasteiger partial charge in [-0.05, 0) is 44.0 Å². The first-order valence-electron chi connectivity index (χ1n) is 2.26. The molecule has 0 bridgehead atoms. The summed E-state index contributed by atoms with van der Waals surface area (Å²) in [5.74, 6) is 0.229. The molecule has 1 radical (unpaired) electrons. The molecule has 3 heteroatoms. The lowest BCUT2D eigenvalue weighted by molar-refractivity contribution is 0.474. The second-order valence-electron chi connectivity index (χ2n) is 1.53. The molecule has 1 aromatic rings. The largest absolute Gasteiger partial charge is 0.508 e. The van der Waals surface area contributed by atoms with Crippen molar-refractivity contribution >= 4 is 31.9 Å². The van der Waals surface area contributed by atoms with Gasteiger partial charge < -0.3 is 5.11 Å². The fraction of sp³-hybridized carbons (Fsp3) is 0. The third-order valence-corrected chi connectivity index (χ3v) is 1.64. The van der Waals surface area contributed by atoms with Crippen molar-refractivity contribution in [1.29, 1.82) is 0 Å². The van der Waals surface area contributed by atoms with E-state index < -0.39 is 0 Å². The average Bonchev–Trinajstić information content (AvgIpc) is 1.59. The zero-order valence-corrected chi connectivity index (χ0v) is 7.53. The van der Waals surface area contributed by atoms with E-state index in [1.807, 2.05) is 0 Å². The van der Waals surface area contributed by atoms with Gasteiger partial charge in [0, 0.05) is 15.0 Å². The molecule has 0 saturated heterocycles. The Morgan fingerprint density at radius 2 is 1.67 bits per heavy atom. The standard InChI is InChI=1S/C6H3Br2O/c7-4-1-5(8)3-6(9)2-4/h2-3,9H. The molecule has 0 spiro atoms. The lowest BCUT2D eigenvalue weighted by Gasteiger charge is -1.92. The summed E-state index contributed by atoms with van der Waals surface area (Å²) in [4.78, 5) is 0. The summed E-state index contributed by atoms with van der Waals surface area (Å²) in [5, 5.41) is 8.91. The van der Waals surface area contributed by atoms with Gasteiger partial charge in [-0.3, -0.25) is 0 Å². The Bertz CT molecular complexity index is 172. The summed E-state index contributed by atoms with van der Waals surface area (Å²) in [6.45, 7) is 0. The molecule has 0 atom stereocenters. The van der Waals surface area contributed by atoms with Crippen LogP contribution in [0.15, 0.2) is 21.1 Å². The van der Waals surface area contributed by atoms with E-state index >= 15 is 0 Å². The molecule has 0 amide bonds. The predicted octanol–water partition coefficient (Wildman–Crippen LogP) is 2.72. The van der Waals surface area contributed by atoms with E-state index in [-0.39, 0.29) is 5.75 Å². The number of benzene rings is 1. The third kappa shape index (κ3) is 1.99. The van der Waals surface area contributed by atoms with E-state index in [4.69, 9.17) is 5.11 Å². The van der Waals surface area contributed by atoms with Crippen molar-refractivity contribution < 1.29 is 5.11 Å². The van der Waals surface area contributed by atoms with Crippen LogP contribution in [0, 0.1) is 6.07 Å². The normalized spacial score (nSPS) is 9.56. The molecule has 9 heavy (non-hydrogen) atoms. The van der Waals surface area contributed by atoms with E-state index in [0.29, 0.717) is 0 Å². The van der Waals surface area contributed by atoms with Crippen molar-refractivity contribution in [2.45, 2.75) is 0 Å². The SMILES string of the molecule is Oc1cc(Br)[c]c(Br)c1. The van der Waals surface area contributed by atoms with Crippen LogP contribution in [0.3, 0.4) is 0 Å². The van der Waals surface area contributed by atoms with E-state index in [1.165, 1.54) is 0 Å². The first-order valence-corrected chi connectivity index (χ1v) is 3.84. The predicted molar refractivity (Wildman–Crippen MR) is 42.3 cm³/mol. The van der Waals surface area contributed by atoms with Crippen molar-refractivity contribution in [3.05, 3.63) is 27.1 Å². The zero-order valence-electron chi connectivity index (χ0n) is 4.36. The molecule has 0 unspecified atom stereocenters. The molecule has 1 N–H and O–H groups in total. The van der Waals surface area contributed by atoms with Crippen molar-refractivity contribution in [3.63, 3.8) is 0 Å². The first-order chi connectivity index (χ1) is 4.18. The van der Waals surface area contributed by atoms with Crippen molar-refractivity contribution in [3.8, 4) is 5.75 Å². The number of rotatable bonds is 0. The molecule has 0 heterocycles. The van der Waals surface area contributed by atoms with Gasteiger partial charge in [0.15, 0.2) is 0 Å². The smallest absolute Gasteiger partial charge is 0.117 e. The van der Waals surface area contributed by atoms with Gasteiger partial charge >= 0.3 is 0 Å². The fourth-order valence-electron chi connectivity index (χ4n) is 0.488. The van der Waals surface area contributed by atoms with Gasteiger partial charge in [-0.25, -0.2) is 0 Å². The molecular formula is C6H3Br2O. The number of hydrogen-bond donors (Lipinski definition) is 1. The van der Waals surface area contributed by atoms with Crippen LogP contribution in [0.25, 0.3) is 0 Å². The van der Waals surface area contributed by atoms with Gasteiger partial charge in [-0.15, -0.1) is 0 Å². The molecule has 0 saturated carbocycles. The Balaban J connectivity index is 3.17. The van der Waals surface area contributed by atoms with Crippen LogP contribution in [-0.2, 0) is 0 Å². The van der Waals surface area contributed by atoms with Crippen LogP contribution in [-0.4, -0.2) is 5.11 Å². The highest BCUT2D eigenvalue weighted by molar-refractivity contribution is 9.11. The highest BCUT2D eigenvalue weighted by Crippen LogP contribution is 2.22. The van der Waals surface area contributed by atoms with E-state index in [0.717, 1.165) is 8.95 Å². The highest BCUT2D eigenvalue weighted by Gasteiger charge is 1.93. The van der Waals surface area contributed by atoms with Crippen molar-refractivity contribution in [1.82, 2.24) is 0 Å². The summed E-state index contributed by atoms with van der Waals surface area (Å²) >= 11 is 6.33. The Hall–Kier alpha value is -0.0200. The summed E-state index contributed by atoms with van der Waals surface area (Å²) in [6.07, 6.45) is 0. The minimum Gasteiger partial charge on any atom is -0.508 e. The summed E-state index contributed by atoms with van der Waals surface area (Å²) in [6, 6.07) is 6.03. The van der Waals surface area contributed by atoms with Gasteiger partial charge in [0.05, 0.1) is 0 Å². The first kappa shape index (κ1) is 7.09. The van der Waals surface area contributed by atoms with E-state index in [2.05, 4.69) is 37.9 Å². The second kappa shape index (κ2) is 2.71. The zero-order chi connectivity index (χ0) is 6.85. The molecule has 0 aliphatic carbocycles. The minimum atomic E-state index is 0.229. The van der Waals surface area contributed by atoms with Crippen LogP contribution >= 0.6 is 31.9 Å². The molecule has 0 aliphatic rings. The summed E-state index contributed by atoms with van der Waals surface area (Å²) in [7, 11) is 0. The maximum Gasteiger partial charge on any atom is 0.117 e. The molecule has 0 fully saturated rings. The van der Waals surface area contributed by atoms with E-state index in [9.17, 15) is 0 Å². The Morgan fingerprint density at radius 1 is 1.22 bits per heavy atom. The second-order valence-corrected chi connectivity index (χ2v) is 3.24. The average molecular weight is 251 g/mol. The molecule has 47 valence electrons. The summed E-state index contributed by atoms with van der Waals surface area (Å²) in [5.41, 5.74) is 0. The molecular weight excluding hydrogens is 248 g/mol.